The van der Waals surface area contributed by atoms with Gasteiger partial charge in [-0.3, -0.25) is 10.2 Å². The molecule has 1 amide bonds. The fourth-order valence-corrected chi connectivity index (χ4v) is 3.99. The molecule has 2 aromatic rings. The summed E-state index contributed by atoms with van der Waals surface area (Å²) in [6, 6.07) is 1.89. The van der Waals surface area contributed by atoms with Gasteiger partial charge in [-0.05, 0) is 18.6 Å². The number of carbonyl (C=O) groups excluding carboxylic acids is 1. The number of carbonyl (C=O) groups is 1. The van der Waals surface area contributed by atoms with Crippen LogP contribution in [0, 0.1) is 6.92 Å². The quantitative estimate of drug-likeness (QED) is 0.392. The number of aryl methyl sites for hydroxylation is 1. The summed E-state index contributed by atoms with van der Waals surface area (Å²) in [5, 5.41) is 1.95. The highest BCUT2D eigenvalue weighted by Crippen LogP contribution is 2.29. The van der Waals surface area contributed by atoms with Gasteiger partial charge in [0, 0.05) is 22.2 Å². The Kier molecular flexibility index (Phi) is 4.16. The number of thiophene rings is 1. The van der Waals surface area contributed by atoms with Crippen molar-refractivity contribution in [3.8, 4) is 0 Å². The lowest BCUT2D eigenvalue weighted by Gasteiger charge is -1.96. The fraction of sp³-hybridized carbons (Fsp3) is 0.200. The Hall–Kier alpha value is -0.890. The third-order valence-corrected chi connectivity index (χ3v) is 5.24. The van der Waals surface area contributed by atoms with Gasteiger partial charge < -0.3 is 0 Å². The number of rotatable bonds is 4. The van der Waals surface area contributed by atoms with Crippen LogP contribution < -0.4 is 11.3 Å². The van der Waals surface area contributed by atoms with E-state index in [0.717, 1.165) is 20.5 Å². The summed E-state index contributed by atoms with van der Waals surface area (Å²) < 4.78 is 1.04. The lowest BCUT2D eigenvalue weighted by molar-refractivity contribution is 0.0957. The van der Waals surface area contributed by atoms with Gasteiger partial charge >= 0.3 is 0 Å². The number of nitrogens with one attached hydrogen (secondary N) is 1. The maximum atomic E-state index is 11.4. The summed E-state index contributed by atoms with van der Waals surface area (Å²) in [5.41, 5.74) is 3.31. The number of aromatic nitrogens is 1. The zero-order valence-electron chi connectivity index (χ0n) is 9.10. The van der Waals surface area contributed by atoms with E-state index in [-0.39, 0.29) is 5.91 Å². The van der Waals surface area contributed by atoms with Gasteiger partial charge in [0.05, 0.1) is 4.88 Å². The monoisotopic (exact) mass is 285 g/mol. The topological polar surface area (TPSA) is 68.0 Å². The minimum atomic E-state index is -0.233. The Morgan fingerprint density at radius 2 is 2.47 bits per heavy atom. The van der Waals surface area contributed by atoms with E-state index in [1.165, 1.54) is 11.3 Å². The number of nitrogens with two attached hydrogens (primary N) is 1. The van der Waals surface area contributed by atoms with E-state index in [2.05, 4.69) is 10.4 Å². The number of nitrogens with zero attached hydrogens (tertiary/aromatic N) is 1. The number of amides is 1. The second-order valence-corrected chi connectivity index (χ2v) is 6.63. The van der Waals surface area contributed by atoms with Crippen molar-refractivity contribution in [2.75, 3.05) is 0 Å². The standard InChI is InChI=1S/C10H11N3OS3/c1-6-7(4-8(17-6)9(14)13-11)5-16-10-12-2-3-15-10/h2-4H,5,11H2,1H3,(H,13,14). The van der Waals surface area contributed by atoms with Crippen LogP contribution in [0.2, 0.25) is 0 Å². The molecule has 2 heterocycles. The van der Waals surface area contributed by atoms with Gasteiger partial charge in [-0.15, -0.1) is 22.7 Å². The van der Waals surface area contributed by atoms with Crippen molar-refractivity contribution in [2.45, 2.75) is 17.0 Å². The average Bonchev–Trinajstić information content (AvgIpc) is 2.95. The number of thioether (sulfide) groups is 1. The molecule has 0 aliphatic rings. The number of hydrogen-bond donors (Lipinski definition) is 2. The van der Waals surface area contributed by atoms with E-state index >= 15 is 0 Å². The summed E-state index contributed by atoms with van der Waals surface area (Å²) in [5.74, 6) is 5.70. The summed E-state index contributed by atoms with van der Waals surface area (Å²) in [4.78, 5) is 17.4. The first-order valence-corrected chi connectivity index (χ1v) is 7.51. The third kappa shape index (κ3) is 3.06. The second-order valence-electron chi connectivity index (χ2n) is 3.25. The maximum absolute atomic E-state index is 11.4. The molecule has 0 aromatic carbocycles. The van der Waals surface area contributed by atoms with E-state index in [1.54, 1.807) is 29.3 Å². The van der Waals surface area contributed by atoms with Crippen LogP contribution in [-0.2, 0) is 5.75 Å². The molecule has 17 heavy (non-hydrogen) atoms. The first kappa shape index (κ1) is 12.6. The van der Waals surface area contributed by atoms with Gasteiger partial charge in [0.25, 0.3) is 5.91 Å². The molecule has 0 fully saturated rings. The van der Waals surface area contributed by atoms with Crippen LogP contribution in [0.5, 0.6) is 0 Å². The van der Waals surface area contributed by atoms with Crippen molar-refractivity contribution in [2.24, 2.45) is 5.84 Å². The van der Waals surface area contributed by atoms with Gasteiger partial charge in [0.2, 0.25) is 0 Å². The average molecular weight is 285 g/mol. The predicted molar refractivity (Wildman–Crippen MR) is 72.4 cm³/mol. The smallest absolute Gasteiger partial charge is 0.275 e. The van der Waals surface area contributed by atoms with Gasteiger partial charge in [-0.2, -0.15) is 0 Å². The number of hydrazine groups is 1. The molecule has 0 radical (unpaired) electrons. The summed E-state index contributed by atoms with van der Waals surface area (Å²) in [6.07, 6.45) is 1.79. The highest BCUT2D eigenvalue weighted by Gasteiger charge is 2.11. The van der Waals surface area contributed by atoms with E-state index in [1.807, 2.05) is 18.4 Å². The van der Waals surface area contributed by atoms with Gasteiger partial charge in [0.1, 0.15) is 4.34 Å². The highest BCUT2D eigenvalue weighted by molar-refractivity contribution is 8.00. The van der Waals surface area contributed by atoms with Crippen LogP contribution in [0.3, 0.4) is 0 Å². The molecule has 0 spiro atoms. The Labute approximate surface area is 111 Å². The van der Waals surface area contributed by atoms with Crippen LogP contribution in [0.1, 0.15) is 20.1 Å². The Morgan fingerprint density at radius 3 is 3.12 bits per heavy atom. The van der Waals surface area contributed by atoms with Crippen LogP contribution in [-0.4, -0.2) is 10.9 Å². The van der Waals surface area contributed by atoms with Crippen molar-refractivity contribution in [3.63, 3.8) is 0 Å². The van der Waals surface area contributed by atoms with Crippen LogP contribution in [0.15, 0.2) is 22.0 Å². The molecule has 3 N–H and O–H groups in total. The molecule has 0 atom stereocenters. The van der Waals surface area contributed by atoms with E-state index < -0.39 is 0 Å². The number of nitrogen functional groups attached to an aromatic ring is 1. The van der Waals surface area contributed by atoms with Crippen LogP contribution >= 0.6 is 34.4 Å². The molecule has 0 saturated heterocycles. The number of thiazole rings is 1. The van der Waals surface area contributed by atoms with E-state index in [0.29, 0.717) is 4.88 Å². The first-order chi connectivity index (χ1) is 8.20. The fourth-order valence-electron chi connectivity index (χ4n) is 1.27. The molecule has 0 aliphatic heterocycles. The molecular formula is C10H11N3OS3. The Bertz CT molecular complexity index is 507. The SMILES string of the molecule is Cc1sc(C(=O)NN)cc1CSc1nccs1. The lowest BCUT2D eigenvalue weighted by Crippen LogP contribution is -2.29. The largest absolute Gasteiger partial charge is 0.289 e. The van der Waals surface area contributed by atoms with Crippen LogP contribution in [0.25, 0.3) is 0 Å². The lowest BCUT2D eigenvalue weighted by atomic mass is 10.3. The predicted octanol–water partition coefficient (Wildman–Crippen LogP) is 2.41. The molecule has 0 aliphatic carbocycles. The maximum Gasteiger partial charge on any atom is 0.275 e. The Morgan fingerprint density at radius 1 is 1.65 bits per heavy atom. The zero-order valence-corrected chi connectivity index (χ0v) is 11.5. The normalized spacial score (nSPS) is 10.5. The first-order valence-electron chi connectivity index (χ1n) is 4.83. The van der Waals surface area contributed by atoms with Crippen LogP contribution in [0.4, 0.5) is 0 Å². The van der Waals surface area contributed by atoms with E-state index in [4.69, 9.17) is 5.84 Å². The summed E-state index contributed by atoms with van der Waals surface area (Å²) in [7, 11) is 0. The molecule has 2 rings (SSSR count). The highest BCUT2D eigenvalue weighted by atomic mass is 32.2. The minimum Gasteiger partial charge on any atom is -0.289 e. The molecule has 7 heteroatoms. The molecule has 0 bridgehead atoms. The number of hydrogen-bond acceptors (Lipinski definition) is 6. The summed E-state index contributed by atoms with van der Waals surface area (Å²) in [6.45, 7) is 2.01. The van der Waals surface area contributed by atoms with Crippen molar-refractivity contribution < 1.29 is 4.79 Å². The second kappa shape index (κ2) is 5.63. The Balaban J connectivity index is 2.06. The minimum absolute atomic E-state index is 0.233. The molecule has 2 aromatic heterocycles. The molecule has 0 saturated carbocycles. The van der Waals surface area contributed by atoms with Gasteiger partial charge in [-0.1, -0.05) is 11.8 Å². The van der Waals surface area contributed by atoms with Gasteiger partial charge in [0.15, 0.2) is 0 Å². The van der Waals surface area contributed by atoms with E-state index in [9.17, 15) is 4.79 Å². The van der Waals surface area contributed by atoms with Crippen molar-refractivity contribution in [1.29, 1.82) is 0 Å². The zero-order chi connectivity index (χ0) is 12.3. The third-order valence-electron chi connectivity index (χ3n) is 2.14. The molecule has 4 nitrogen and oxygen atoms in total. The molecule has 90 valence electrons. The van der Waals surface area contributed by atoms with Crippen molar-refractivity contribution in [1.82, 2.24) is 10.4 Å². The summed E-state index contributed by atoms with van der Waals surface area (Å²) >= 11 is 4.76. The van der Waals surface area contributed by atoms with Gasteiger partial charge in [-0.25, -0.2) is 10.8 Å². The molecular weight excluding hydrogens is 274 g/mol. The van der Waals surface area contributed by atoms with Crippen molar-refractivity contribution in [3.05, 3.63) is 33.0 Å². The molecule has 0 unspecified atom stereocenters. The van der Waals surface area contributed by atoms with Crippen molar-refractivity contribution >= 4 is 40.3 Å².